The third-order valence-corrected chi connectivity index (χ3v) is 6.09. The Morgan fingerprint density at radius 2 is 1.87 bits per heavy atom. The quantitative estimate of drug-likeness (QED) is 0.578. The summed E-state index contributed by atoms with van der Waals surface area (Å²) in [6.07, 6.45) is 1.37. The number of methoxy groups -OCH3 is 1. The van der Waals surface area contributed by atoms with Gasteiger partial charge in [-0.15, -0.1) is 0 Å². The van der Waals surface area contributed by atoms with E-state index >= 15 is 0 Å². The maximum atomic E-state index is 12.4. The first-order valence-electron chi connectivity index (χ1n) is 8.95. The van der Waals surface area contributed by atoms with Crippen molar-refractivity contribution in [1.82, 2.24) is 0 Å². The second-order valence-corrected chi connectivity index (χ2v) is 9.30. The molecule has 7 nitrogen and oxygen atoms in total. The molecule has 2 rings (SSSR count). The zero-order chi connectivity index (χ0) is 22.5. The molecule has 0 aliphatic heterocycles. The van der Waals surface area contributed by atoms with Crippen LogP contribution in [0.4, 0.5) is 11.4 Å². The number of carbonyl (C=O) groups excluding carboxylic acids is 2. The second kappa shape index (κ2) is 10.1. The molecule has 1 amide bonds. The lowest BCUT2D eigenvalue weighted by Crippen LogP contribution is -2.31. The number of hydrogen-bond donors (Lipinski definition) is 1. The molecule has 0 radical (unpaired) electrons. The monoisotopic (exact) mass is 472 g/mol. The van der Waals surface area contributed by atoms with Crippen LogP contribution < -0.4 is 9.62 Å². The molecular formula is C20H22Cl2N2O5S. The summed E-state index contributed by atoms with van der Waals surface area (Å²) in [7, 11) is -2.35. The molecule has 0 spiro atoms. The lowest BCUT2D eigenvalue weighted by Gasteiger charge is -2.23. The van der Waals surface area contributed by atoms with E-state index < -0.39 is 16.0 Å². The number of benzene rings is 2. The molecule has 30 heavy (non-hydrogen) atoms. The Morgan fingerprint density at radius 1 is 1.17 bits per heavy atom. The lowest BCUT2D eigenvalue weighted by molar-refractivity contribution is -0.116. The van der Waals surface area contributed by atoms with Gasteiger partial charge in [0, 0.05) is 23.7 Å². The fourth-order valence-electron chi connectivity index (χ4n) is 2.84. The smallest absolute Gasteiger partial charge is 0.338 e. The van der Waals surface area contributed by atoms with Gasteiger partial charge in [-0.25, -0.2) is 13.2 Å². The third kappa shape index (κ3) is 6.10. The zero-order valence-corrected chi connectivity index (χ0v) is 19.1. The van der Waals surface area contributed by atoms with Crippen molar-refractivity contribution < 1.29 is 22.7 Å². The van der Waals surface area contributed by atoms with E-state index in [1.807, 2.05) is 0 Å². The SMILES string of the molecule is COC(=O)c1cccc(NC(=O)CCCN(c2cc(Cl)ccc2Cl)S(C)(=O)=O)c1C. The van der Waals surface area contributed by atoms with Gasteiger partial charge in [0.25, 0.3) is 0 Å². The number of amides is 1. The highest BCUT2D eigenvalue weighted by Gasteiger charge is 2.21. The van der Waals surface area contributed by atoms with Crippen molar-refractivity contribution in [2.45, 2.75) is 19.8 Å². The highest BCUT2D eigenvalue weighted by atomic mass is 35.5. The van der Waals surface area contributed by atoms with Crippen LogP contribution in [-0.4, -0.2) is 40.2 Å². The van der Waals surface area contributed by atoms with Crippen LogP contribution in [0.5, 0.6) is 0 Å². The van der Waals surface area contributed by atoms with Crippen molar-refractivity contribution in [2.24, 2.45) is 0 Å². The van der Waals surface area contributed by atoms with Gasteiger partial charge in [-0.3, -0.25) is 9.10 Å². The summed E-state index contributed by atoms with van der Waals surface area (Å²) in [4.78, 5) is 24.1. The van der Waals surface area contributed by atoms with Crippen molar-refractivity contribution in [3.8, 4) is 0 Å². The molecule has 0 aliphatic carbocycles. The van der Waals surface area contributed by atoms with Crippen LogP contribution in [0.3, 0.4) is 0 Å². The van der Waals surface area contributed by atoms with Crippen molar-refractivity contribution >= 4 is 56.5 Å². The number of nitrogens with zero attached hydrogens (tertiary/aromatic N) is 1. The van der Waals surface area contributed by atoms with E-state index in [4.69, 9.17) is 27.9 Å². The summed E-state index contributed by atoms with van der Waals surface area (Å²) < 4.78 is 30.3. The molecular weight excluding hydrogens is 451 g/mol. The molecule has 0 saturated carbocycles. The van der Waals surface area contributed by atoms with Crippen LogP contribution in [0.2, 0.25) is 10.0 Å². The predicted octanol–water partition coefficient (Wildman–Crippen LogP) is 4.27. The first kappa shape index (κ1) is 24.0. The number of nitrogens with one attached hydrogen (secondary N) is 1. The molecule has 0 fully saturated rings. The minimum Gasteiger partial charge on any atom is -0.465 e. The van der Waals surface area contributed by atoms with Gasteiger partial charge < -0.3 is 10.1 Å². The topological polar surface area (TPSA) is 92.8 Å². The highest BCUT2D eigenvalue weighted by molar-refractivity contribution is 7.92. The van der Waals surface area contributed by atoms with E-state index in [-0.39, 0.29) is 36.0 Å². The summed E-state index contributed by atoms with van der Waals surface area (Å²) in [6, 6.07) is 9.46. The Labute approximate surface area is 186 Å². The molecule has 0 unspecified atom stereocenters. The number of esters is 1. The summed E-state index contributed by atoms with van der Waals surface area (Å²) in [6.45, 7) is 1.75. The predicted molar refractivity (Wildman–Crippen MR) is 119 cm³/mol. The Morgan fingerprint density at radius 3 is 2.50 bits per heavy atom. The highest BCUT2D eigenvalue weighted by Crippen LogP contribution is 2.31. The lowest BCUT2D eigenvalue weighted by atomic mass is 10.1. The average Bonchev–Trinajstić information content (AvgIpc) is 2.67. The summed E-state index contributed by atoms with van der Waals surface area (Å²) in [5.74, 6) is -0.809. The number of rotatable bonds is 8. The maximum absolute atomic E-state index is 12.4. The number of sulfonamides is 1. The van der Waals surface area contributed by atoms with E-state index in [1.54, 1.807) is 31.2 Å². The Hall–Kier alpha value is -2.29. The normalized spacial score (nSPS) is 11.1. The molecule has 0 atom stereocenters. The minimum absolute atomic E-state index is 0.0491. The van der Waals surface area contributed by atoms with Crippen molar-refractivity contribution in [2.75, 3.05) is 29.5 Å². The maximum Gasteiger partial charge on any atom is 0.338 e. The molecule has 0 aromatic heterocycles. The van der Waals surface area contributed by atoms with Crippen molar-refractivity contribution in [3.05, 3.63) is 57.6 Å². The van der Waals surface area contributed by atoms with E-state index in [1.165, 1.54) is 19.2 Å². The number of ether oxygens (including phenoxy) is 1. The minimum atomic E-state index is -3.63. The molecule has 0 saturated heterocycles. The summed E-state index contributed by atoms with van der Waals surface area (Å²) >= 11 is 12.1. The Kier molecular flexibility index (Phi) is 8.11. The van der Waals surface area contributed by atoms with Crippen molar-refractivity contribution in [1.29, 1.82) is 0 Å². The fraction of sp³-hybridized carbons (Fsp3) is 0.300. The fourth-order valence-corrected chi connectivity index (χ4v) is 4.25. The van der Waals surface area contributed by atoms with Crippen LogP contribution in [0.1, 0.15) is 28.8 Å². The molecule has 1 N–H and O–H groups in total. The molecule has 2 aromatic rings. The standard InChI is InChI=1S/C20H22Cl2N2O5S/c1-13-15(20(26)29-2)6-4-7-17(13)23-19(25)8-5-11-24(30(3,27)28)18-12-14(21)9-10-16(18)22/h4,6-7,9-10,12H,5,8,11H2,1-3H3,(H,23,25). The van der Waals surface area contributed by atoms with Crippen LogP contribution in [0, 0.1) is 6.92 Å². The summed E-state index contributed by atoms with van der Waals surface area (Å²) in [5.41, 5.74) is 1.68. The van der Waals surface area contributed by atoms with E-state index in [9.17, 15) is 18.0 Å². The number of carbonyl (C=O) groups is 2. The van der Waals surface area contributed by atoms with Crippen LogP contribution in [0.15, 0.2) is 36.4 Å². The number of halogens is 2. The van der Waals surface area contributed by atoms with Crippen LogP contribution >= 0.6 is 23.2 Å². The van der Waals surface area contributed by atoms with Crippen LogP contribution in [0.25, 0.3) is 0 Å². The molecule has 162 valence electrons. The van der Waals surface area contributed by atoms with E-state index in [0.29, 0.717) is 21.8 Å². The van der Waals surface area contributed by atoms with Crippen LogP contribution in [-0.2, 0) is 19.6 Å². The van der Waals surface area contributed by atoms with Gasteiger partial charge in [-0.05, 0) is 49.2 Å². The number of anilines is 2. The van der Waals surface area contributed by atoms with E-state index in [0.717, 1.165) is 10.6 Å². The first-order valence-corrected chi connectivity index (χ1v) is 11.6. The zero-order valence-electron chi connectivity index (χ0n) is 16.7. The van der Waals surface area contributed by atoms with Crippen molar-refractivity contribution in [3.63, 3.8) is 0 Å². The molecule has 2 aromatic carbocycles. The summed E-state index contributed by atoms with van der Waals surface area (Å²) in [5, 5.41) is 3.33. The van der Waals surface area contributed by atoms with Gasteiger partial charge in [0.15, 0.2) is 0 Å². The second-order valence-electron chi connectivity index (χ2n) is 6.55. The first-order chi connectivity index (χ1) is 14.0. The van der Waals surface area contributed by atoms with Gasteiger partial charge in [0.05, 0.1) is 29.6 Å². The van der Waals surface area contributed by atoms with Gasteiger partial charge in [0.2, 0.25) is 15.9 Å². The molecule has 0 bridgehead atoms. The average molecular weight is 473 g/mol. The third-order valence-electron chi connectivity index (χ3n) is 4.36. The van der Waals surface area contributed by atoms with Gasteiger partial charge >= 0.3 is 5.97 Å². The van der Waals surface area contributed by atoms with E-state index in [2.05, 4.69) is 5.32 Å². The van der Waals surface area contributed by atoms with Gasteiger partial charge in [-0.2, -0.15) is 0 Å². The Balaban J connectivity index is 2.07. The Bertz CT molecular complexity index is 1060. The molecule has 0 aliphatic rings. The van der Waals surface area contributed by atoms with Gasteiger partial charge in [-0.1, -0.05) is 29.3 Å². The molecule has 0 heterocycles. The van der Waals surface area contributed by atoms with Gasteiger partial charge in [0.1, 0.15) is 0 Å². The molecule has 10 heteroatoms. The number of hydrogen-bond acceptors (Lipinski definition) is 5. The largest absolute Gasteiger partial charge is 0.465 e.